The Balaban J connectivity index is 1.44. The van der Waals surface area contributed by atoms with E-state index in [4.69, 9.17) is 14.2 Å². The largest absolute Gasteiger partial charge is 0.497 e. The summed E-state index contributed by atoms with van der Waals surface area (Å²) in [6, 6.07) is 21.9. The van der Waals surface area contributed by atoms with Crippen LogP contribution in [0.1, 0.15) is 10.4 Å². The number of para-hydroxylation sites is 2. The summed E-state index contributed by atoms with van der Waals surface area (Å²) in [4.78, 5) is 21.1. The Morgan fingerprint density at radius 1 is 0.781 bits per heavy atom. The average Bonchev–Trinajstić information content (AvgIpc) is 2.85. The molecule has 32 heavy (non-hydrogen) atoms. The van der Waals surface area contributed by atoms with Crippen molar-refractivity contribution in [3.05, 3.63) is 90.8 Å². The minimum Gasteiger partial charge on any atom is -0.497 e. The number of rotatable bonds is 7. The van der Waals surface area contributed by atoms with E-state index in [0.717, 1.165) is 11.1 Å². The molecular weight excluding hydrogens is 406 g/mol. The van der Waals surface area contributed by atoms with Crippen molar-refractivity contribution in [1.29, 1.82) is 0 Å². The van der Waals surface area contributed by atoms with Gasteiger partial charge in [-0.25, -0.2) is 9.97 Å². The molecule has 0 bridgehead atoms. The predicted molar refractivity (Wildman–Crippen MR) is 121 cm³/mol. The number of benzene rings is 3. The standard InChI is InChI=1S/C25H21N3O4/c1-30-20-6-5-7-21(14-20)32-25-26-15-19(16-27-25)17-10-12-18(13-11-17)24(29)28-22-8-3-4-9-23(22)31-2/h3-16H,1-2H3,(H,28,29). The maximum absolute atomic E-state index is 12.6. The van der Waals surface area contributed by atoms with Gasteiger partial charge in [0.2, 0.25) is 0 Å². The molecule has 0 unspecified atom stereocenters. The summed E-state index contributed by atoms with van der Waals surface area (Å²) in [6.45, 7) is 0. The van der Waals surface area contributed by atoms with Gasteiger partial charge in [-0.2, -0.15) is 0 Å². The Hall–Kier alpha value is -4.39. The first-order valence-electron chi connectivity index (χ1n) is 9.85. The monoisotopic (exact) mass is 427 g/mol. The number of methoxy groups -OCH3 is 2. The van der Waals surface area contributed by atoms with Gasteiger partial charge in [-0.15, -0.1) is 0 Å². The van der Waals surface area contributed by atoms with Crippen LogP contribution in [-0.4, -0.2) is 30.1 Å². The van der Waals surface area contributed by atoms with Crippen molar-refractivity contribution in [3.63, 3.8) is 0 Å². The fourth-order valence-electron chi connectivity index (χ4n) is 3.04. The van der Waals surface area contributed by atoms with Gasteiger partial charge < -0.3 is 19.5 Å². The van der Waals surface area contributed by atoms with Crippen LogP contribution in [0, 0.1) is 0 Å². The zero-order valence-electron chi connectivity index (χ0n) is 17.6. The third-order valence-corrected chi connectivity index (χ3v) is 4.71. The van der Waals surface area contributed by atoms with Gasteiger partial charge in [0.05, 0.1) is 19.9 Å². The first-order chi connectivity index (χ1) is 15.7. The fraction of sp³-hybridized carbons (Fsp3) is 0.0800. The quantitative estimate of drug-likeness (QED) is 0.436. The molecule has 0 saturated heterocycles. The van der Waals surface area contributed by atoms with Crippen LogP contribution in [0.25, 0.3) is 11.1 Å². The van der Waals surface area contributed by atoms with Crippen molar-refractivity contribution < 1.29 is 19.0 Å². The van der Waals surface area contributed by atoms with Gasteiger partial charge in [0.25, 0.3) is 5.91 Å². The number of carbonyl (C=O) groups excluding carboxylic acids is 1. The third kappa shape index (κ3) is 4.84. The van der Waals surface area contributed by atoms with Crippen molar-refractivity contribution in [1.82, 2.24) is 9.97 Å². The molecule has 4 rings (SSSR count). The number of aromatic nitrogens is 2. The number of amides is 1. The van der Waals surface area contributed by atoms with E-state index < -0.39 is 0 Å². The molecule has 0 aliphatic carbocycles. The molecule has 0 fully saturated rings. The molecule has 0 aliphatic rings. The molecule has 1 aromatic heterocycles. The summed E-state index contributed by atoms with van der Waals surface area (Å²) in [6.07, 6.45) is 3.35. The van der Waals surface area contributed by atoms with Gasteiger partial charge in [0, 0.05) is 29.6 Å². The summed E-state index contributed by atoms with van der Waals surface area (Å²) in [7, 11) is 3.16. The summed E-state index contributed by atoms with van der Waals surface area (Å²) >= 11 is 0. The highest BCUT2D eigenvalue weighted by Gasteiger charge is 2.10. The molecule has 0 atom stereocenters. The molecule has 1 N–H and O–H groups in total. The average molecular weight is 427 g/mol. The highest BCUT2D eigenvalue weighted by Crippen LogP contribution is 2.26. The molecule has 0 aliphatic heterocycles. The normalized spacial score (nSPS) is 10.3. The molecule has 1 heterocycles. The number of ether oxygens (including phenoxy) is 3. The van der Waals surface area contributed by atoms with E-state index in [1.165, 1.54) is 0 Å². The topological polar surface area (TPSA) is 82.6 Å². The smallest absolute Gasteiger partial charge is 0.321 e. The molecule has 7 heteroatoms. The highest BCUT2D eigenvalue weighted by molar-refractivity contribution is 6.05. The van der Waals surface area contributed by atoms with E-state index in [0.29, 0.717) is 28.5 Å². The minimum atomic E-state index is -0.223. The van der Waals surface area contributed by atoms with Gasteiger partial charge in [0.15, 0.2) is 0 Å². The first kappa shape index (κ1) is 20.9. The highest BCUT2D eigenvalue weighted by atomic mass is 16.5. The van der Waals surface area contributed by atoms with E-state index in [-0.39, 0.29) is 11.9 Å². The Labute approximate surface area is 185 Å². The lowest BCUT2D eigenvalue weighted by Crippen LogP contribution is -2.12. The van der Waals surface area contributed by atoms with Crippen molar-refractivity contribution in [2.75, 3.05) is 19.5 Å². The van der Waals surface area contributed by atoms with Gasteiger partial charge >= 0.3 is 6.01 Å². The Kier molecular flexibility index (Phi) is 6.27. The number of anilines is 1. The zero-order valence-corrected chi connectivity index (χ0v) is 17.6. The number of nitrogens with zero attached hydrogens (tertiary/aromatic N) is 2. The number of hydrogen-bond acceptors (Lipinski definition) is 6. The van der Waals surface area contributed by atoms with E-state index in [2.05, 4.69) is 15.3 Å². The molecule has 7 nitrogen and oxygen atoms in total. The minimum absolute atomic E-state index is 0.223. The van der Waals surface area contributed by atoms with Crippen LogP contribution in [0.3, 0.4) is 0 Å². The second-order valence-corrected chi connectivity index (χ2v) is 6.77. The second-order valence-electron chi connectivity index (χ2n) is 6.77. The van der Waals surface area contributed by atoms with Gasteiger partial charge in [0.1, 0.15) is 17.2 Å². The molecule has 0 radical (unpaired) electrons. The van der Waals surface area contributed by atoms with Crippen molar-refractivity contribution in [3.8, 4) is 34.4 Å². The summed E-state index contributed by atoms with van der Waals surface area (Å²) in [5, 5.41) is 2.86. The Morgan fingerprint density at radius 2 is 1.50 bits per heavy atom. The van der Waals surface area contributed by atoms with Crippen LogP contribution in [0.15, 0.2) is 85.2 Å². The van der Waals surface area contributed by atoms with E-state index in [1.807, 2.05) is 36.4 Å². The van der Waals surface area contributed by atoms with E-state index in [9.17, 15) is 4.79 Å². The number of nitrogens with one attached hydrogen (secondary N) is 1. The lowest BCUT2D eigenvalue weighted by Gasteiger charge is -2.10. The molecule has 4 aromatic rings. The third-order valence-electron chi connectivity index (χ3n) is 4.71. The fourth-order valence-corrected chi connectivity index (χ4v) is 3.04. The zero-order chi connectivity index (χ0) is 22.3. The molecule has 3 aromatic carbocycles. The van der Waals surface area contributed by atoms with Crippen LogP contribution in [-0.2, 0) is 0 Å². The summed E-state index contributed by atoms with van der Waals surface area (Å²) in [5.74, 6) is 1.65. The molecule has 160 valence electrons. The Bertz CT molecular complexity index is 1210. The van der Waals surface area contributed by atoms with Gasteiger partial charge in [-0.1, -0.05) is 30.3 Å². The van der Waals surface area contributed by atoms with Crippen molar-refractivity contribution in [2.24, 2.45) is 0 Å². The lowest BCUT2D eigenvalue weighted by molar-refractivity contribution is 0.102. The molecule has 0 spiro atoms. The van der Waals surface area contributed by atoms with Crippen LogP contribution >= 0.6 is 0 Å². The molecule has 0 saturated carbocycles. The van der Waals surface area contributed by atoms with Crippen LogP contribution in [0.2, 0.25) is 0 Å². The molecule has 1 amide bonds. The van der Waals surface area contributed by atoms with Crippen molar-refractivity contribution in [2.45, 2.75) is 0 Å². The Morgan fingerprint density at radius 3 is 2.22 bits per heavy atom. The first-order valence-corrected chi connectivity index (χ1v) is 9.85. The summed E-state index contributed by atoms with van der Waals surface area (Å²) in [5.41, 5.74) is 2.83. The van der Waals surface area contributed by atoms with Gasteiger partial charge in [-0.3, -0.25) is 4.79 Å². The predicted octanol–water partition coefficient (Wildman–Crippen LogP) is 5.21. The van der Waals surface area contributed by atoms with Crippen LogP contribution in [0.4, 0.5) is 5.69 Å². The number of hydrogen-bond donors (Lipinski definition) is 1. The van der Waals surface area contributed by atoms with Crippen LogP contribution < -0.4 is 19.5 Å². The van der Waals surface area contributed by atoms with Gasteiger partial charge in [-0.05, 0) is 42.0 Å². The lowest BCUT2D eigenvalue weighted by atomic mass is 10.1. The maximum Gasteiger partial charge on any atom is 0.321 e. The van der Waals surface area contributed by atoms with Crippen LogP contribution in [0.5, 0.6) is 23.3 Å². The summed E-state index contributed by atoms with van der Waals surface area (Å²) < 4.78 is 16.1. The van der Waals surface area contributed by atoms with E-state index >= 15 is 0 Å². The van der Waals surface area contributed by atoms with E-state index in [1.54, 1.807) is 63.0 Å². The SMILES string of the molecule is COc1cccc(Oc2ncc(-c3ccc(C(=O)Nc4ccccc4OC)cc3)cn2)c1. The molecular formula is C25H21N3O4. The maximum atomic E-state index is 12.6. The van der Waals surface area contributed by atoms with Crippen molar-refractivity contribution >= 4 is 11.6 Å². The second kappa shape index (κ2) is 9.61. The number of carbonyl (C=O) groups is 1.